The fraction of sp³-hybridized carbons (Fsp3) is 0.235. The van der Waals surface area contributed by atoms with Gasteiger partial charge in [0.2, 0.25) is 0 Å². The highest BCUT2D eigenvalue weighted by Crippen LogP contribution is 2.37. The van der Waals surface area contributed by atoms with Gasteiger partial charge < -0.3 is 9.47 Å². The largest absolute Gasteiger partial charge is 0.456 e. The maximum atomic E-state index is 12.7. The van der Waals surface area contributed by atoms with Crippen LogP contribution in [0.5, 0.6) is 11.5 Å². The lowest BCUT2D eigenvalue weighted by Gasteiger charge is -2.15. The van der Waals surface area contributed by atoms with Crippen molar-refractivity contribution in [3.63, 3.8) is 0 Å². The van der Waals surface area contributed by atoms with Gasteiger partial charge in [-0.05, 0) is 36.4 Å². The van der Waals surface area contributed by atoms with Gasteiger partial charge in [-0.3, -0.25) is 4.84 Å². The Morgan fingerprint density at radius 2 is 1.81 bits per heavy atom. The zero-order valence-corrected chi connectivity index (χ0v) is 15.7. The monoisotopic (exact) mass is 423 g/mol. The van der Waals surface area contributed by atoms with Crippen molar-refractivity contribution in [2.75, 3.05) is 14.2 Å². The molecule has 0 heterocycles. The van der Waals surface area contributed by atoms with Crippen molar-refractivity contribution in [3.8, 4) is 11.5 Å². The molecular weight excluding hydrogens is 410 g/mol. The Bertz CT molecular complexity index is 830. The van der Waals surface area contributed by atoms with E-state index in [9.17, 15) is 18.0 Å². The second-order valence-corrected chi connectivity index (χ2v) is 6.05. The predicted molar refractivity (Wildman–Crippen MR) is 92.9 cm³/mol. The van der Waals surface area contributed by atoms with Gasteiger partial charge in [-0.15, -0.1) is 0 Å². The fourth-order valence-electron chi connectivity index (χ4n) is 1.92. The standard InChI is InChI=1S/C17H14Cl2F3NO4/c1-23(25-2)16(24)26-9-10-7-12(4-5-13(10)18)27-15-6-3-11(8-14(15)19)17(20,21)22/h3-8H,9H2,1-2H3. The third kappa shape index (κ3) is 5.66. The first-order valence-electron chi connectivity index (χ1n) is 7.39. The fourth-order valence-corrected chi connectivity index (χ4v) is 2.31. The predicted octanol–water partition coefficient (Wildman–Crippen LogP) is 5.93. The van der Waals surface area contributed by atoms with Crippen molar-refractivity contribution >= 4 is 29.3 Å². The smallest absolute Gasteiger partial charge is 0.433 e. The quantitative estimate of drug-likeness (QED) is 0.558. The van der Waals surface area contributed by atoms with Gasteiger partial charge in [0.05, 0.1) is 17.7 Å². The molecule has 0 unspecified atom stereocenters. The molecule has 0 fully saturated rings. The maximum Gasteiger partial charge on any atom is 0.433 e. The average Bonchev–Trinajstić information content (AvgIpc) is 2.61. The third-order valence-corrected chi connectivity index (χ3v) is 4.05. The molecule has 27 heavy (non-hydrogen) atoms. The minimum absolute atomic E-state index is 0.0362. The molecule has 0 bridgehead atoms. The molecule has 0 aliphatic rings. The summed E-state index contributed by atoms with van der Waals surface area (Å²) in [7, 11) is 2.67. The number of hydrogen-bond donors (Lipinski definition) is 0. The summed E-state index contributed by atoms with van der Waals surface area (Å²) in [6.07, 6.45) is -5.24. The molecule has 1 amide bonds. The summed E-state index contributed by atoms with van der Waals surface area (Å²) in [5.41, 5.74) is -0.458. The number of hydroxylamine groups is 2. The Morgan fingerprint density at radius 3 is 2.41 bits per heavy atom. The molecule has 2 rings (SSSR count). The summed E-state index contributed by atoms with van der Waals surface area (Å²) >= 11 is 11.9. The number of rotatable bonds is 5. The number of alkyl halides is 3. The first-order valence-corrected chi connectivity index (χ1v) is 8.15. The van der Waals surface area contributed by atoms with Crippen LogP contribution in [-0.2, 0) is 22.4 Å². The number of nitrogens with zero attached hydrogens (tertiary/aromatic N) is 1. The third-order valence-electron chi connectivity index (χ3n) is 3.39. The van der Waals surface area contributed by atoms with Crippen LogP contribution in [0.25, 0.3) is 0 Å². The molecule has 5 nitrogen and oxygen atoms in total. The van der Waals surface area contributed by atoms with Gasteiger partial charge in [-0.1, -0.05) is 23.2 Å². The Balaban J connectivity index is 2.15. The van der Waals surface area contributed by atoms with Crippen LogP contribution in [0.2, 0.25) is 10.0 Å². The molecule has 0 aliphatic carbocycles. The van der Waals surface area contributed by atoms with Gasteiger partial charge in [0.25, 0.3) is 0 Å². The molecule has 0 N–H and O–H groups in total. The van der Waals surface area contributed by atoms with Crippen LogP contribution < -0.4 is 4.74 Å². The zero-order chi connectivity index (χ0) is 20.2. The van der Waals surface area contributed by atoms with Crippen molar-refractivity contribution in [1.29, 1.82) is 0 Å². The molecular formula is C17H14Cl2F3NO4. The molecule has 10 heteroatoms. The number of ether oxygens (including phenoxy) is 2. The molecule has 2 aromatic rings. The highest BCUT2D eigenvalue weighted by molar-refractivity contribution is 6.32. The number of hydrogen-bond acceptors (Lipinski definition) is 4. The number of carbonyl (C=O) groups excluding carboxylic acids is 1. The summed E-state index contributed by atoms with van der Waals surface area (Å²) in [6.45, 7) is -0.163. The molecule has 0 saturated carbocycles. The van der Waals surface area contributed by atoms with Crippen LogP contribution >= 0.6 is 23.2 Å². The SMILES string of the molecule is CON(C)C(=O)OCc1cc(Oc2ccc(C(F)(F)F)cc2Cl)ccc1Cl. The van der Waals surface area contributed by atoms with Crippen LogP contribution in [0.3, 0.4) is 0 Å². The molecule has 0 saturated heterocycles. The second-order valence-electron chi connectivity index (χ2n) is 5.23. The van der Waals surface area contributed by atoms with Gasteiger partial charge >= 0.3 is 12.3 Å². The molecule has 0 atom stereocenters. The minimum atomic E-state index is -4.51. The van der Waals surface area contributed by atoms with Crippen molar-refractivity contribution in [2.24, 2.45) is 0 Å². The normalized spacial score (nSPS) is 11.2. The highest BCUT2D eigenvalue weighted by Gasteiger charge is 2.31. The van der Waals surface area contributed by atoms with Crippen LogP contribution in [0.4, 0.5) is 18.0 Å². The van der Waals surface area contributed by atoms with E-state index in [1.54, 1.807) is 0 Å². The van der Waals surface area contributed by atoms with E-state index in [2.05, 4.69) is 4.84 Å². The van der Waals surface area contributed by atoms with Crippen molar-refractivity contribution < 1.29 is 32.3 Å². The van der Waals surface area contributed by atoms with E-state index < -0.39 is 17.8 Å². The lowest BCUT2D eigenvalue weighted by atomic mass is 10.2. The van der Waals surface area contributed by atoms with Gasteiger partial charge in [0, 0.05) is 17.6 Å². The Morgan fingerprint density at radius 1 is 1.11 bits per heavy atom. The van der Waals surface area contributed by atoms with E-state index in [4.69, 9.17) is 32.7 Å². The number of amides is 1. The van der Waals surface area contributed by atoms with Crippen LogP contribution in [-0.4, -0.2) is 25.3 Å². The van der Waals surface area contributed by atoms with Crippen LogP contribution in [0.15, 0.2) is 36.4 Å². The lowest BCUT2D eigenvalue weighted by Crippen LogP contribution is -2.26. The average molecular weight is 424 g/mol. The Hall–Kier alpha value is -2.16. The summed E-state index contributed by atoms with van der Waals surface area (Å²) in [6, 6.07) is 7.24. The highest BCUT2D eigenvalue weighted by atomic mass is 35.5. The van der Waals surface area contributed by atoms with E-state index in [1.807, 2.05) is 0 Å². The number of halogens is 5. The van der Waals surface area contributed by atoms with Crippen molar-refractivity contribution in [2.45, 2.75) is 12.8 Å². The first-order chi connectivity index (χ1) is 12.6. The topological polar surface area (TPSA) is 48.0 Å². The molecule has 0 aromatic heterocycles. The molecule has 0 spiro atoms. The maximum absolute atomic E-state index is 12.7. The van der Waals surface area contributed by atoms with Crippen molar-refractivity contribution in [3.05, 3.63) is 57.6 Å². The Kier molecular flexibility index (Phi) is 6.80. The molecule has 0 radical (unpaired) electrons. The van der Waals surface area contributed by atoms with Crippen LogP contribution in [0, 0.1) is 0 Å². The van der Waals surface area contributed by atoms with E-state index in [0.29, 0.717) is 10.6 Å². The van der Waals surface area contributed by atoms with Gasteiger partial charge in [0.1, 0.15) is 18.1 Å². The van der Waals surface area contributed by atoms with Crippen molar-refractivity contribution in [1.82, 2.24) is 5.06 Å². The summed E-state index contributed by atoms with van der Waals surface area (Å²) in [5.74, 6) is 0.293. The molecule has 2 aromatic carbocycles. The van der Waals surface area contributed by atoms with Gasteiger partial charge in [-0.25, -0.2) is 4.79 Å². The van der Waals surface area contributed by atoms with E-state index in [0.717, 1.165) is 23.3 Å². The Labute approximate surface area is 163 Å². The van der Waals surface area contributed by atoms with E-state index in [1.165, 1.54) is 32.4 Å². The van der Waals surface area contributed by atoms with Crippen LogP contribution in [0.1, 0.15) is 11.1 Å². The van der Waals surface area contributed by atoms with Gasteiger partial charge in [-0.2, -0.15) is 18.2 Å². The van der Waals surface area contributed by atoms with E-state index in [-0.39, 0.29) is 23.1 Å². The minimum Gasteiger partial charge on any atom is -0.456 e. The summed E-state index contributed by atoms with van der Waals surface area (Å²) in [5, 5.41) is 0.999. The summed E-state index contributed by atoms with van der Waals surface area (Å²) < 4.78 is 48.6. The molecule has 0 aliphatic heterocycles. The summed E-state index contributed by atoms with van der Waals surface area (Å²) in [4.78, 5) is 16.3. The second kappa shape index (κ2) is 8.69. The van der Waals surface area contributed by atoms with Gasteiger partial charge in [0.15, 0.2) is 0 Å². The lowest BCUT2D eigenvalue weighted by molar-refractivity contribution is -0.137. The zero-order valence-electron chi connectivity index (χ0n) is 14.1. The number of benzene rings is 2. The molecule has 146 valence electrons. The number of carbonyl (C=O) groups is 1. The first kappa shape index (κ1) is 21.1. The van der Waals surface area contributed by atoms with E-state index >= 15 is 0 Å².